The fourth-order valence-electron chi connectivity index (χ4n) is 2.73. The zero-order valence-corrected chi connectivity index (χ0v) is 13.0. The number of amides is 1. The van der Waals surface area contributed by atoms with Crippen molar-refractivity contribution in [1.82, 2.24) is 10.6 Å². The van der Waals surface area contributed by atoms with Crippen LogP contribution in [0.15, 0.2) is 42.5 Å². The molecule has 0 bridgehead atoms. The lowest BCUT2D eigenvalue weighted by Crippen LogP contribution is -2.38. The first-order valence-corrected chi connectivity index (χ1v) is 7.24. The molecule has 4 heteroatoms. The molecule has 1 saturated heterocycles. The van der Waals surface area contributed by atoms with Crippen LogP contribution in [0.5, 0.6) is 0 Å². The van der Waals surface area contributed by atoms with E-state index >= 15 is 0 Å². The van der Waals surface area contributed by atoms with E-state index in [2.05, 4.69) is 41.0 Å². The fraction of sp³-hybridized carbons (Fsp3) is 0.353. The molecule has 0 saturated carbocycles. The lowest BCUT2D eigenvalue weighted by Gasteiger charge is -2.17. The maximum absolute atomic E-state index is 12.3. The summed E-state index contributed by atoms with van der Waals surface area (Å²) >= 11 is 0. The Morgan fingerprint density at radius 3 is 2.71 bits per heavy atom. The number of halogens is 1. The average molecular weight is 305 g/mol. The van der Waals surface area contributed by atoms with Gasteiger partial charge in [0.2, 0.25) is 5.91 Å². The summed E-state index contributed by atoms with van der Waals surface area (Å²) < 4.78 is 0. The molecule has 1 heterocycles. The standard InChI is InChI=1S/C17H20N2O.ClH/c1-12(17(20)19-16-8-9-18-11-16)14-7-6-13-4-2-3-5-15(13)10-14;/h2-7,10,12,16,18H,8-9,11H2,1H3,(H,19,20);1H. The summed E-state index contributed by atoms with van der Waals surface area (Å²) in [4.78, 5) is 12.3. The second-order valence-corrected chi connectivity index (χ2v) is 5.53. The molecule has 3 rings (SSSR count). The van der Waals surface area contributed by atoms with Gasteiger partial charge < -0.3 is 10.6 Å². The van der Waals surface area contributed by atoms with E-state index in [9.17, 15) is 4.79 Å². The number of rotatable bonds is 3. The van der Waals surface area contributed by atoms with E-state index in [1.165, 1.54) is 10.8 Å². The molecular weight excluding hydrogens is 284 g/mol. The zero-order chi connectivity index (χ0) is 13.9. The van der Waals surface area contributed by atoms with Crippen LogP contribution in [0.3, 0.4) is 0 Å². The molecule has 1 fully saturated rings. The average Bonchev–Trinajstić information content (AvgIpc) is 2.99. The topological polar surface area (TPSA) is 41.1 Å². The van der Waals surface area contributed by atoms with Crippen molar-refractivity contribution in [3.05, 3.63) is 48.0 Å². The van der Waals surface area contributed by atoms with Gasteiger partial charge in [0, 0.05) is 12.6 Å². The van der Waals surface area contributed by atoms with E-state index < -0.39 is 0 Å². The lowest BCUT2D eigenvalue weighted by atomic mass is 9.97. The van der Waals surface area contributed by atoms with Gasteiger partial charge in [0.15, 0.2) is 0 Å². The van der Waals surface area contributed by atoms with Crippen LogP contribution in [0.2, 0.25) is 0 Å². The van der Waals surface area contributed by atoms with Gasteiger partial charge in [-0.25, -0.2) is 0 Å². The van der Waals surface area contributed by atoms with E-state index in [1.54, 1.807) is 0 Å². The highest BCUT2D eigenvalue weighted by Gasteiger charge is 2.21. The van der Waals surface area contributed by atoms with E-state index in [0.29, 0.717) is 0 Å². The third kappa shape index (κ3) is 3.55. The van der Waals surface area contributed by atoms with Crippen LogP contribution in [0.25, 0.3) is 10.8 Å². The highest BCUT2D eigenvalue weighted by molar-refractivity contribution is 5.87. The number of nitrogens with one attached hydrogen (secondary N) is 2. The minimum absolute atomic E-state index is 0. The molecule has 3 nitrogen and oxygen atoms in total. The summed E-state index contributed by atoms with van der Waals surface area (Å²) in [7, 11) is 0. The van der Waals surface area contributed by atoms with E-state index in [-0.39, 0.29) is 30.3 Å². The Morgan fingerprint density at radius 2 is 2.00 bits per heavy atom. The van der Waals surface area contributed by atoms with Gasteiger partial charge in [0.1, 0.15) is 0 Å². The van der Waals surface area contributed by atoms with Crippen molar-refractivity contribution >= 4 is 29.1 Å². The summed E-state index contributed by atoms with van der Waals surface area (Å²) in [5, 5.41) is 8.79. The molecule has 21 heavy (non-hydrogen) atoms. The normalized spacial score (nSPS) is 19.0. The zero-order valence-electron chi connectivity index (χ0n) is 12.1. The molecule has 2 aromatic rings. The van der Waals surface area contributed by atoms with Crippen LogP contribution in [0, 0.1) is 0 Å². The third-order valence-electron chi connectivity index (χ3n) is 4.07. The molecule has 112 valence electrons. The summed E-state index contributed by atoms with van der Waals surface area (Å²) in [5.41, 5.74) is 1.08. The largest absolute Gasteiger partial charge is 0.352 e. The van der Waals surface area contributed by atoms with Gasteiger partial charge in [0.05, 0.1) is 5.92 Å². The summed E-state index contributed by atoms with van der Waals surface area (Å²) in [6.45, 7) is 3.85. The van der Waals surface area contributed by atoms with Crippen molar-refractivity contribution in [2.75, 3.05) is 13.1 Å². The number of benzene rings is 2. The van der Waals surface area contributed by atoms with Crippen molar-refractivity contribution in [1.29, 1.82) is 0 Å². The quantitative estimate of drug-likeness (QED) is 0.915. The van der Waals surface area contributed by atoms with E-state index in [4.69, 9.17) is 0 Å². The van der Waals surface area contributed by atoms with Gasteiger partial charge in [-0.1, -0.05) is 42.5 Å². The first-order valence-electron chi connectivity index (χ1n) is 7.24. The number of hydrogen-bond donors (Lipinski definition) is 2. The van der Waals surface area contributed by atoms with Crippen LogP contribution < -0.4 is 10.6 Å². The minimum Gasteiger partial charge on any atom is -0.352 e. The van der Waals surface area contributed by atoms with Crippen molar-refractivity contribution in [2.45, 2.75) is 25.3 Å². The minimum atomic E-state index is -0.111. The molecule has 0 aliphatic carbocycles. The molecule has 1 amide bonds. The molecule has 0 spiro atoms. The first kappa shape index (κ1) is 15.8. The molecular formula is C17H21ClN2O. The van der Waals surface area contributed by atoms with Gasteiger partial charge in [-0.05, 0) is 36.2 Å². The van der Waals surface area contributed by atoms with Crippen LogP contribution in [-0.4, -0.2) is 25.0 Å². The number of carbonyl (C=O) groups excluding carboxylic acids is 1. The first-order chi connectivity index (χ1) is 9.74. The van der Waals surface area contributed by atoms with Crippen molar-refractivity contribution in [2.24, 2.45) is 0 Å². The molecule has 0 aromatic heterocycles. The van der Waals surface area contributed by atoms with Crippen LogP contribution in [0.1, 0.15) is 24.8 Å². The molecule has 2 aromatic carbocycles. The SMILES string of the molecule is CC(C(=O)NC1CCNC1)c1ccc2ccccc2c1.Cl. The Morgan fingerprint density at radius 1 is 1.24 bits per heavy atom. The highest BCUT2D eigenvalue weighted by Crippen LogP contribution is 2.22. The number of carbonyl (C=O) groups is 1. The Hall–Kier alpha value is -1.58. The Bertz CT molecular complexity index is 623. The van der Waals surface area contributed by atoms with Gasteiger partial charge >= 0.3 is 0 Å². The lowest BCUT2D eigenvalue weighted by molar-refractivity contribution is -0.122. The van der Waals surface area contributed by atoms with Crippen LogP contribution >= 0.6 is 12.4 Å². The van der Waals surface area contributed by atoms with Crippen LogP contribution in [0.4, 0.5) is 0 Å². The summed E-state index contributed by atoms with van der Waals surface area (Å²) in [6.07, 6.45) is 1.02. The monoisotopic (exact) mass is 304 g/mol. The van der Waals surface area contributed by atoms with E-state index in [1.807, 2.05) is 19.1 Å². The molecule has 1 aliphatic rings. The predicted molar refractivity (Wildman–Crippen MR) is 89.0 cm³/mol. The Labute approximate surface area is 131 Å². The van der Waals surface area contributed by atoms with Gasteiger partial charge in [-0.15, -0.1) is 12.4 Å². The Balaban J connectivity index is 0.00000161. The molecule has 2 atom stereocenters. The maximum Gasteiger partial charge on any atom is 0.227 e. The fourth-order valence-corrected chi connectivity index (χ4v) is 2.73. The van der Waals surface area contributed by atoms with E-state index in [0.717, 1.165) is 25.1 Å². The highest BCUT2D eigenvalue weighted by atomic mass is 35.5. The second kappa shape index (κ2) is 6.92. The van der Waals surface area contributed by atoms with Crippen molar-refractivity contribution < 1.29 is 4.79 Å². The molecule has 2 unspecified atom stereocenters. The third-order valence-corrected chi connectivity index (χ3v) is 4.07. The van der Waals surface area contributed by atoms with Gasteiger partial charge in [0.25, 0.3) is 0 Å². The summed E-state index contributed by atoms with van der Waals surface area (Å²) in [6, 6.07) is 14.8. The van der Waals surface area contributed by atoms with Gasteiger partial charge in [-0.3, -0.25) is 4.79 Å². The van der Waals surface area contributed by atoms with Crippen molar-refractivity contribution in [3.63, 3.8) is 0 Å². The number of fused-ring (bicyclic) bond motifs is 1. The smallest absolute Gasteiger partial charge is 0.227 e. The molecule has 1 aliphatic heterocycles. The second-order valence-electron chi connectivity index (χ2n) is 5.53. The number of hydrogen-bond acceptors (Lipinski definition) is 2. The van der Waals surface area contributed by atoms with Crippen molar-refractivity contribution in [3.8, 4) is 0 Å². The van der Waals surface area contributed by atoms with Crippen LogP contribution in [-0.2, 0) is 4.79 Å². The predicted octanol–water partition coefficient (Wildman–Crippen LogP) is 2.84. The van der Waals surface area contributed by atoms with Gasteiger partial charge in [-0.2, -0.15) is 0 Å². The maximum atomic E-state index is 12.3. The summed E-state index contributed by atoms with van der Waals surface area (Å²) in [5.74, 6) is 0.00851. The molecule has 0 radical (unpaired) electrons. The molecule has 2 N–H and O–H groups in total. The Kier molecular flexibility index (Phi) is 5.21.